The Kier molecular flexibility index (Phi) is 5.14. The molecule has 26 heavy (non-hydrogen) atoms. The number of fused-ring (bicyclic) bond motifs is 1. The zero-order valence-electron chi connectivity index (χ0n) is 14.6. The summed E-state index contributed by atoms with van der Waals surface area (Å²) in [4.78, 5) is 20.5. The number of thiazole rings is 1. The molecular formula is C19H19BrN2O2S2. The Hall–Kier alpha value is -1.28. The lowest BCUT2D eigenvalue weighted by Gasteiger charge is -2.22. The molecule has 1 aliphatic heterocycles. The topological polar surface area (TPSA) is 42.4 Å². The lowest BCUT2D eigenvalue weighted by atomic mass is 10.1. The van der Waals surface area contributed by atoms with Crippen molar-refractivity contribution < 1.29 is 9.53 Å². The highest BCUT2D eigenvalue weighted by Gasteiger charge is 2.28. The molecule has 4 rings (SSSR count). The van der Waals surface area contributed by atoms with Gasteiger partial charge in [-0.15, -0.1) is 11.3 Å². The van der Waals surface area contributed by atoms with Crippen LogP contribution in [0.3, 0.4) is 0 Å². The van der Waals surface area contributed by atoms with Gasteiger partial charge in [0.25, 0.3) is 5.91 Å². The van der Waals surface area contributed by atoms with Crippen LogP contribution in [0.2, 0.25) is 0 Å². The summed E-state index contributed by atoms with van der Waals surface area (Å²) >= 11 is 6.49. The largest absolute Gasteiger partial charge is 0.376 e. The zero-order valence-corrected chi connectivity index (χ0v) is 17.8. The average Bonchev–Trinajstić information content (AvgIpc) is 3.32. The van der Waals surface area contributed by atoms with E-state index in [-0.39, 0.29) is 12.0 Å². The van der Waals surface area contributed by atoms with E-state index < -0.39 is 0 Å². The minimum absolute atomic E-state index is 0.00960. The normalized spacial score (nSPS) is 17.1. The quantitative estimate of drug-likeness (QED) is 0.522. The monoisotopic (exact) mass is 450 g/mol. The van der Waals surface area contributed by atoms with E-state index in [0.29, 0.717) is 11.4 Å². The fourth-order valence-electron chi connectivity index (χ4n) is 3.28. The number of nitrogens with zero attached hydrogens (tertiary/aromatic N) is 2. The fraction of sp³-hybridized carbons (Fsp3) is 0.368. The number of hydrogen-bond acceptors (Lipinski definition) is 5. The van der Waals surface area contributed by atoms with Gasteiger partial charge in [0.2, 0.25) is 0 Å². The smallest absolute Gasteiger partial charge is 0.270 e. The Bertz CT molecular complexity index is 960. The summed E-state index contributed by atoms with van der Waals surface area (Å²) in [5, 5.41) is 0.749. The molecule has 0 radical (unpaired) electrons. The summed E-state index contributed by atoms with van der Waals surface area (Å²) in [7, 11) is 0. The summed E-state index contributed by atoms with van der Waals surface area (Å²) < 4.78 is 7.88. The number of carbonyl (C=O) groups excluding carboxylic acids is 1. The first-order valence-electron chi connectivity index (χ1n) is 8.58. The zero-order chi connectivity index (χ0) is 18.3. The summed E-state index contributed by atoms with van der Waals surface area (Å²) in [5.74, 6) is -0.00960. The predicted molar refractivity (Wildman–Crippen MR) is 112 cm³/mol. The molecule has 0 N–H and O–H groups in total. The lowest BCUT2D eigenvalue weighted by molar-refractivity contribution is 0.0920. The molecule has 136 valence electrons. The molecule has 0 saturated carbocycles. The third-order valence-electron chi connectivity index (χ3n) is 4.48. The first-order chi connectivity index (χ1) is 12.5. The number of halogens is 1. The predicted octanol–water partition coefficient (Wildman–Crippen LogP) is 5.56. The Labute approximate surface area is 168 Å². The van der Waals surface area contributed by atoms with Crippen LogP contribution in [0.5, 0.6) is 0 Å². The van der Waals surface area contributed by atoms with Crippen LogP contribution < -0.4 is 4.90 Å². The van der Waals surface area contributed by atoms with Crippen LogP contribution in [0.1, 0.15) is 33.6 Å². The molecule has 1 amide bonds. The molecule has 0 spiro atoms. The molecule has 2 aromatic heterocycles. The van der Waals surface area contributed by atoms with E-state index in [4.69, 9.17) is 9.72 Å². The van der Waals surface area contributed by atoms with E-state index in [2.05, 4.69) is 41.9 Å². The third kappa shape index (κ3) is 3.58. The van der Waals surface area contributed by atoms with Crippen LogP contribution in [0.15, 0.2) is 28.1 Å². The lowest BCUT2D eigenvalue weighted by Crippen LogP contribution is -2.37. The minimum atomic E-state index is -0.00960. The van der Waals surface area contributed by atoms with Crippen molar-refractivity contribution in [2.24, 2.45) is 0 Å². The Morgan fingerprint density at radius 1 is 1.35 bits per heavy atom. The van der Waals surface area contributed by atoms with Gasteiger partial charge in [0.1, 0.15) is 0 Å². The van der Waals surface area contributed by atoms with Crippen LogP contribution in [-0.2, 0) is 4.74 Å². The van der Waals surface area contributed by atoms with Gasteiger partial charge >= 0.3 is 0 Å². The molecular weight excluding hydrogens is 432 g/mol. The highest BCUT2D eigenvalue weighted by atomic mass is 79.9. The number of carbonyl (C=O) groups is 1. The Balaban J connectivity index is 1.74. The van der Waals surface area contributed by atoms with Gasteiger partial charge in [-0.3, -0.25) is 9.69 Å². The van der Waals surface area contributed by atoms with E-state index >= 15 is 0 Å². The summed E-state index contributed by atoms with van der Waals surface area (Å²) in [6.07, 6.45) is 2.12. The van der Waals surface area contributed by atoms with Gasteiger partial charge in [-0.05, 0) is 71.9 Å². The maximum atomic E-state index is 13.2. The third-order valence-corrected chi connectivity index (χ3v) is 7.32. The van der Waals surface area contributed by atoms with Gasteiger partial charge in [-0.25, -0.2) is 4.98 Å². The van der Waals surface area contributed by atoms with Gasteiger partial charge in [0, 0.05) is 6.61 Å². The molecule has 3 heterocycles. The maximum Gasteiger partial charge on any atom is 0.270 e. The molecule has 0 unspecified atom stereocenters. The van der Waals surface area contributed by atoms with Crippen molar-refractivity contribution in [2.75, 3.05) is 18.1 Å². The van der Waals surface area contributed by atoms with Gasteiger partial charge in [-0.1, -0.05) is 17.4 Å². The molecule has 0 aliphatic carbocycles. The molecule has 1 aromatic carbocycles. The maximum absolute atomic E-state index is 13.2. The molecule has 0 bridgehead atoms. The molecule has 1 atom stereocenters. The molecule has 1 fully saturated rings. The van der Waals surface area contributed by atoms with E-state index in [1.807, 2.05) is 12.1 Å². The van der Waals surface area contributed by atoms with Gasteiger partial charge < -0.3 is 4.74 Å². The second-order valence-corrected chi connectivity index (χ2v) is 10.0. The highest BCUT2D eigenvalue weighted by molar-refractivity contribution is 9.11. The molecule has 1 saturated heterocycles. The van der Waals surface area contributed by atoms with Crippen LogP contribution in [0.4, 0.5) is 5.13 Å². The number of rotatable bonds is 4. The number of hydrogen-bond donors (Lipinski definition) is 0. The number of amides is 1. The van der Waals surface area contributed by atoms with E-state index in [0.717, 1.165) is 38.6 Å². The van der Waals surface area contributed by atoms with Crippen LogP contribution in [-0.4, -0.2) is 30.1 Å². The summed E-state index contributed by atoms with van der Waals surface area (Å²) in [5.41, 5.74) is 3.35. The van der Waals surface area contributed by atoms with Crippen molar-refractivity contribution in [2.45, 2.75) is 32.8 Å². The number of aryl methyl sites for hydroxylation is 2. The number of aromatic nitrogens is 1. The molecule has 1 aliphatic rings. The second kappa shape index (κ2) is 7.38. The van der Waals surface area contributed by atoms with E-state index in [1.54, 1.807) is 16.2 Å². The Morgan fingerprint density at radius 3 is 2.88 bits per heavy atom. The first-order valence-corrected chi connectivity index (χ1v) is 11.0. The highest BCUT2D eigenvalue weighted by Crippen LogP contribution is 2.34. The van der Waals surface area contributed by atoms with Crippen molar-refractivity contribution in [3.05, 3.63) is 44.1 Å². The van der Waals surface area contributed by atoms with E-state index in [1.165, 1.54) is 22.5 Å². The number of thiophene rings is 1. The van der Waals surface area contributed by atoms with Crippen molar-refractivity contribution >= 4 is 59.9 Å². The fourth-order valence-corrected chi connectivity index (χ4v) is 5.64. The minimum Gasteiger partial charge on any atom is -0.376 e. The van der Waals surface area contributed by atoms with Gasteiger partial charge in [0.05, 0.1) is 31.5 Å². The SMILES string of the molecule is Cc1cc(C)c2sc(N(C[C@H]3CCCO3)C(=O)c3ccc(Br)s3)nc2c1. The number of benzene rings is 1. The van der Waals surface area contributed by atoms with Crippen molar-refractivity contribution in [1.29, 1.82) is 0 Å². The van der Waals surface area contributed by atoms with Gasteiger partial charge in [-0.2, -0.15) is 0 Å². The second-order valence-electron chi connectivity index (χ2n) is 6.58. The molecule has 3 aromatic rings. The summed E-state index contributed by atoms with van der Waals surface area (Å²) in [6.45, 7) is 5.49. The van der Waals surface area contributed by atoms with E-state index in [9.17, 15) is 4.79 Å². The number of ether oxygens (including phenoxy) is 1. The molecule has 7 heteroatoms. The molecule has 4 nitrogen and oxygen atoms in total. The number of anilines is 1. The Morgan fingerprint density at radius 2 is 2.19 bits per heavy atom. The van der Waals surface area contributed by atoms with Crippen LogP contribution in [0, 0.1) is 13.8 Å². The van der Waals surface area contributed by atoms with Gasteiger partial charge in [0.15, 0.2) is 5.13 Å². The summed E-state index contributed by atoms with van der Waals surface area (Å²) in [6, 6.07) is 8.02. The van der Waals surface area contributed by atoms with Crippen LogP contribution in [0.25, 0.3) is 10.2 Å². The van der Waals surface area contributed by atoms with Crippen LogP contribution >= 0.6 is 38.6 Å². The van der Waals surface area contributed by atoms with Crippen molar-refractivity contribution in [1.82, 2.24) is 4.98 Å². The average molecular weight is 451 g/mol. The van der Waals surface area contributed by atoms with Crippen molar-refractivity contribution in [3.8, 4) is 0 Å². The first kappa shape index (κ1) is 18.1. The van der Waals surface area contributed by atoms with Crippen molar-refractivity contribution in [3.63, 3.8) is 0 Å². The standard InChI is InChI=1S/C19H19BrN2O2S2/c1-11-8-12(2)17-14(9-11)21-19(26-17)22(10-13-4-3-7-24-13)18(23)15-5-6-16(20)25-15/h5-6,8-9,13H,3-4,7,10H2,1-2H3/t13-/m1/s1.